The average molecular weight is 539 g/mol. The van der Waals surface area contributed by atoms with Crippen LogP contribution in [-0.2, 0) is 11.8 Å². The van der Waals surface area contributed by atoms with Crippen LogP contribution in [0.25, 0.3) is 22.3 Å². The van der Waals surface area contributed by atoms with Gasteiger partial charge in [0, 0.05) is 18.2 Å². The fourth-order valence-electron chi connectivity index (χ4n) is 4.02. The van der Waals surface area contributed by atoms with Gasteiger partial charge in [0.15, 0.2) is 5.69 Å². The molecule has 4 rings (SSSR count). The predicted octanol–water partition coefficient (Wildman–Crippen LogP) is 5.22. The van der Waals surface area contributed by atoms with Crippen LogP contribution in [0.5, 0.6) is 0 Å². The minimum absolute atomic E-state index is 0.00935. The van der Waals surface area contributed by atoms with E-state index in [0.29, 0.717) is 22.5 Å². The van der Waals surface area contributed by atoms with Crippen molar-refractivity contribution in [2.45, 2.75) is 32.9 Å². The van der Waals surface area contributed by atoms with Gasteiger partial charge in [0.1, 0.15) is 16.8 Å². The largest absolute Gasteiger partial charge is 0.476 e. The number of fused-ring (bicyclic) bond motifs is 1. The second-order valence-electron chi connectivity index (χ2n) is 8.92. The molecule has 0 aliphatic rings. The molecule has 2 aromatic carbocycles. The Labute approximate surface area is 221 Å². The Kier molecular flexibility index (Phi) is 7.45. The fourth-order valence-corrected chi connectivity index (χ4v) is 4.17. The molecule has 11 heteroatoms. The van der Waals surface area contributed by atoms with Crippen LogP contribution >= 0.6 is 11.6 Å². The van der Waals surface area contributed by atoms with Gasteiger partial charge in [-0.1, -0.05) is 23.7 Å². The maximum absolute atomic E-state index is 14.6. The number of nitrogens with one attached hydrogen (secondary N) is 1. The summed E-state index contributed by atoms with van der Waals surface area (Å²) in [5.41, 5.74) is 0.873. The Morgan fingerprint density at radius 3 is 2.39 bits per heavy atom. The number of nitrogens with zero attached hydrogens (tertiary/aromatic N) is 3. The van der Waals surface area contributed by atoms with E-state index in [0.717, 1.165) is 6.07 Å². The maximum atomic E-state index is 14.6. The van der Waals surface area contributed by atoms with Crippen LogP contribution in [-0.4, -0.2) is 37.7 Å². The summed E-state index contributed by atoms with van der Waals surface area (Å²) in [6, 6.07) is 11.0. The molecule has 0 unspecified atom stereocenters. The number of anilines is 1. The monoisotopic (exact) mass is 538 g/mol. The molecule has 0 aliphatic heterocycles. The van der Waals surface area contributed by atoms with Crippen LogP contribution in [0.2, 0.25) is 5.15 Å². The van der Waals surface area contributed by atoms with Gasteiger partial charge in [0.05, 0.1) is 34.3 Å². The molecule has 0 fully saturated rings. The van der Waals surface area contributed by atoms with E-state index in [2.05, 4.69) is 10.3 Å². The zero-order valence-corrected chi connectivity index (χ0v) is 21.7. The molecule has 1 atom stereocenters. The first-order valence-corrected chi connectivity index (χ1v) is 12.0. The summed E-state index contributed by atoms with van der Waals surface area (Å²) in [6.45, 7) is 5.19. The van der Waals surface area contributed by atoms with Crippen LogP contribution in [0.1, 0.15) is 53.2 Å². The molecule has 2 heterocycles. The number of carbonyl (C=O) groups is 2. The van der Waals surface area contributed by atoms with Crippen LogP contribution in [0.3, 0.4) is 0 Å². The second kappa shape index (κ2) is 10.6. The van der Waals surface area contributed by atoms with Gasteiger partial charge in [-0.3, -0.25) is 9.36 Å². The third kappa shape index (κ3) is 5.35. The number of halogens is 2. The number of carboxylic acid groups (broad SMARTS) is 1. The SMILES string of the molecule is CC(C)OC(=O)c1ccc(-c2nc3c([C@@H](C)Nc4ccc(Cl)nc4C(=O)O)cc(F)cc3c(=O)n2C)cc1. The molecular formula is C27H24ClFN4O5. The molecule has 0 saturated heterocycles. The van der Waals surface area contributed by atoms with E-state index in [1.54, 1.807) is 45.0 Å². The van der Waals surface area contributed by atoms with Crippen LogP contribution in [0.4, 0.5) is 10.1 Å². The minimum atomic E-state index is -1.29. The predicted molar refractivity (Wildman–Crippen MR) is 141 cm³/mol. The van der Waals surface area contributed by atoms with Crippen LogP contribution < -0.4 is 10.9 Å². The Bertz CT molecular complexity index is 1620. The lowest BCUT2D eigenvalue weighted by atomic mass is 10.0. The van der Waals surface area contributed by atoms with Gasteiger partial charge in [0.25, 0.3) is 5.56 Å². The lowest BCUT2D eigenvalue weighted by molar-refractivity contribution is 0.0377. The molecule has 9 nitrogen and oxygen atoms in total. The van der Waals surface area contributed by atoms with E-state index in [1.165, 1.54) is 29.8 Å². The average Bonchev–Trinajstić information content (AvgIpc) is 2.86. The molecule has 2 aromatic heterocycles. The topological polar surface area (TPSA) is 123 Å². The standard InChI is InChI=1S/C27H24ClFN4O5/c1-13(2)38-27(37)16-7-5-15(6-8-16)24-32-22-18(11-17(29)12-19(22)25(34)33(24)4)14(3)30-20-9-10-21(28)31-23(20)26(35)36/h5-14,30H,1-4H3,(H,35,36)/t14-/m1/s1. The van der Waals surface area contributed by atoms with Gasteiger partial charge < -0.3 is 15.2 Å². The summed E-state index contributed by atoms with van der Waals surface area (Å²) in [5, 5.41) is 12.6. The molecule has 0 bridgehead atoms. The van der Waals surface area contributed by atoms with E-state index in [9.17, 15) is 23.9 Å². The van der Waals surface area contributed by atoms with E-state index >= 15 is 0 Å². The third-order valence-corrected chi connectivity index (χ3v) is 6.01. The lowest BCUT2D eigenvalue weighted by Crippen LogP contribution is -2.22. The number of aromatic nitrogens is 3. The number of pyridine rings is 1. The summed E-state index contributed by atoms with van der Waals surface area (Å²) < 4.78 is 21.1. The minimum Gasteiger partial charge on any atom is -0.476 e. The Morgan fingerprint density at radius 2 is 1.76 bits per heavy atom. The molecule has 196 valence electrons. The molecule has 0 amide bonds. The number of rotatable bonds is 7. The van der Waals surface area contributed by atoms with Gasteiger partial charge in [-0.25, -0.2) is 23.9 Å². The van der Waals surface area contributed by atoms with E-state index in [-0.39, 0.29) is 33.5 Å². The summed E-state index contributed by atoms with van der Waals surface area (Å²) in [6.07, 6.45) is -0.269. The molecule has 38 heavy (non-hydrogen) atoms. The first-order valence-electron chi connectivity index (χ1n) is 11.6. The van der Waals surface area contributed by atoms with E-state index in [4.69, 9.17) is 21.3 Å². The van der Waals surface area contributed by atoms with Crippen molar-refractivity contribution in [3.05, 3.63) is 86.7 Å². The van der Waals surface area contributed by atoms with Crippen molar-refractivity contribution in [3.8, 4) is 11.4 Å². The Morgan fingerprint density at radius 1 is 1.08 bits per heavy atom. The van der Waals surface area contributed by atoms with Crippen LogP contribution in [0.15, 0.2) is 53.3 Å². The fraction of sp³-hybridized carbons (Fsp3) is 0.222. The first kappa shape index (κ1) is 26.7. The highest BCUT2D eigenvalue weighted by molar-refractivity contribution is 6.29. The second-order valence-corrected chi connectivity index (χ2v) is 9.31. The summed E-state index contributed by atoms with van der Waals surface area (Å²) in [5.74, 6) is -2.11. The van der Waals surface area contributed by atoms with Gasteiger partial charge in [0.2, 0.25) is 0 Å². The highest BCUT2D eigenvalue weighted by Crippen LogP contribution is 2.29. The van der Waals surface area contributed by atoms with Gasteiger partial charge in [-0.05, 0) is 57.2 Å². The molecule has 0 spiro atoms. The first-order chi connectivity index (χ1) is 18.0. The number of carbonyl (C=O) groups excluding carboxylic acids is 1. The van der Waals surface area contributed by atoms with Gasteiger partial charge in [-0.15, -0.1) is 0 Å². The van der Waals surface area contributed by atoms with Crippen LogP contribution in [0, 0.1) is 5.82 Å². The molecule has 4 aromatic rings. The smallest absolute Gasteiger partial charge is 0.356 e. The van der Waals surface area contributed by atoms with Crippen molar-refractivity contribution < 1.29 is 23.8 Å². The van der Waals surface area contributed by atoms with Crippen molar-refractivity contribution in [1.29, 1.82) is 0 Å². The summed E-state index contributed by atoms with van der Waals surface area (Å²) >= 11 is 5.85. The number of aromatic carboxylic acids is 1. The normalized spacial score (nSPS) is 12.0. The number of esters is 1. The molecular weight excluding hydrogens is 515 g/mol. The van der Waals surface area contributed by atoms with Crippen molar-refractivity contribution in [1.82, 2.24) is 14.5 Å². The van der Waals surface area contributed by atoms with Gasteiger partial charge in [-0.2, -0.15) is 0 Å². The molecule has 0 saturated carbocycles. The highest BCUT2D eigenvalue weighted by atomic mass is 35.5. The maximum Gasteiger partial charge on any atom is 0.356 e. The number of hydrogen-bond donors (Lipinski definition) is 2. The van der Waals surface area contributed by atoms with Crippen molar-refractivity contribution >= 4 is 40.1 Å². The third-order valence-electron chi connectivity index (χ3n) is 5.80. The number of benzene rings is 2. The van der Waals surface area contributed by atoms with Crippen molar-refractivity contribution in [2.24, 2.45) is 7.05 Å². The van der Waals surface area contributed by atoms with Crippen molar-refractivity contribution in [2.75, 3.05) is 5.32 Å². The zero-order chi connectivity index (χ0) is 27.7. The van der Waals surface area contributed by atoms with E-state index in [1.807, 2.05) is 0 Å². The quantitative estimate of drug-likeness (QED) is 0.242. The number of carboxylic acids is 1. The highest BCUT2D eigenvalue weighted by Gasteiger charge is 2.21. The number of ether oxygens (including phenoxy) is 1. The van der Waals surface area contributed by atoms with Gasteiger partial charge >= 0.3 is 11.9 Å². The summed E-state index contributed by atoms with van der Waals surface area (Å²) in [4.78, 5) is 45.6. The Hall–Kier alpha value is -4.31. The Balaban J connectivity index is 1.80. The lowest BCUT2D eigenvalue weighted by Gasteiger charge is -2.19. The summed E-state index contributed by atoms with van der Waals surface area (Å²) in [7, 11) is 1.52. The molecule has 0 aliphatic carbocycles. The zero-order valence-electron chi connectivity index (χ0n) is 21.0. The molecule has 0 radical (unpaired) electrons. The van der Waals surface area contributed by atoms with Crippen molar-refractivity contribution in [3.63, 3.8) is 0 Å². The van der Waals surface area contributed by atoms with E-state index < -0.39 is 29.4 Å². The number of hydrogen-bond acceptors (Lipinski definition) is 7. The molecule has 2 N–H and O–H groups in total.